The highest BCUT2D eigenvalue weighted by Gasteiger charge is 2.19. The summed E-state index contributed by atoms with van der Waals surface area (Å²) in [5, 5.41) is 0. The van der Waals surface area contributed by atoms with Crippen LogP contribution in [0.15, 0.2) is 84.0 Å². The second-order valence-electron chi connectivity index (χ2n) is 7.37. The first-order valence-electron chi connectivity index (χ1n) is 9.93. The molecule has 0 unspecified atom stereocenters. The van der Waals surface area contributed by atoms with Crippen molar-refractivity contribution in [1.29, 1.82) is 0 Å². The molecule has 0 aliphatic carbocycles. The lowest BCUT2D eigenvalue weighted by Crippen LogP contribution is -2.41. The second-order valence-corrected chi connectivity index (χ2v) is 9.53. The molecule has 0 radical (unpaired) electrons. The Labute approximate surface area is 190 Å². The smallest absolute Gasteiger partial charge is 0.269 e. The normalized spacial score (nSPS) is 11.5. The number of imidazole rings is 1. The van der Waals surface area contributed by atoms with Gasteiger partial charge in [0.25, 0.3) is 11.8 Å². The van der Waals surface area contributed by atoms with E-state index in [4.69, 9.17) is 0 Å². The van der Waals surface area contributed by atoms with E-state index in [9.17, 15) is 18.0 Å². The molecule has 2 amide bonds. The van der Waals surface area contributed by atoms with E-state index in [-0.39, 0.29) is 10.5 Å². The van der Waals surface area contributed by atoms with Crippen LogP contribution < -0.4 is 10.9 Å². The van der Waals surface area contributed by atoms with Crippen LogP contribution in [0.4, 0.5) is 0 Å². The van der Waals surface area contributed by atoms with Crippen molar-refractivity contribution >= 4 is 32.9 Å². The van der Waals surface area contributed by atoms with Crippen LogP contribution in [0, 0.1) is 0 Å². The van der Waals surface area contributed by atoms with E-state index in [1.54, 1.807) is 30.6 Å². The molecular formula is C23H21N5O4S. The number of rotatable bonds is 5. The first-order chi connectivity index (χ1) is 15.8. The van der Waals surface area contributed by atoms with Crippen LogP contribution in [-0.2, 0) is 10.0 Å². The Morgan fingerprint density at radius 3 is 2.21 bits per heavy atom. The Balaban J connectivity index is 1.44. The number of carbonyl (C=O) groups excluding carboxylic acids is 2. The van der Waals surface area contributed by atoms with Gasteiger partial charge in [0, 0.05) is 30.9 Å². The number of nitrogens with one attached hydrogen (secondary N) is 2. The Morgan fingerprint density at radius 2 is 1.52 bits per heavy atom. The topological polar surface area (TPSA) is 113 Å². The predicted molar refractivity (Wildman–Crippen MR) is 123 cm³/mol. The Hall–Kier alpha value is -4.02. The van der Waals surface area contributed by atoms with E-state index in [1.165, 1.54) is 38.4 Å². The number of nitrogens with zero attached hydrogens (tertiary/aromatic N) is 3. The van der Waals surface area contributed by atoms with Crippen LogP contribution in [0.5, 0.6) is 0 Å². The number of para-hydroxylation sites is 2. The minimum Gasteiger partial charge on any atom is -0.299 e. The molecule has 168 valence electrons. The van der Waals surface area contributed by atoms with Crippen molar-refractivity contribution in [3.8, 4) is 5.69 Å². The highest BCUT2D eigenvalue weighted by Crippen LogP contribution is 2.18. The molecule has 3 aromatic carbocycles. The van der Waals surface area contributed by atoms with Crippen molar-refractivity contribution in [2.24, 2.45) is 0 Å². The number of sulfonamides is 1. The molecule has 0 aliphatic heterocycles. The second kappa shape index (κ2) is 8.85. The minimum atomic E-state index is -3.68. The molecule has 0 bridgehead atoms. The fraction of sp³-hybridized carbons (Fsp3) is 0.0870. The van der Waals surface area contributed by atoms with Gasteiger partial charge in [-0.15, -0.1) is 0 Å². The van der Waals surface area contributed by atoms with Gasteiger partial charge in [-0.2, -0.15) is 0 Å². The number of hydrogen-bond donors (Lipinski definition) is 2. The number of hydrazine groups is 1. The summed E-state index contributed by atoms with van der Waals surface area (Å²) in [5.74, 6) is -1.15. The number of hydrogen-bond acceptors (Lipinski definition) is 5. The lowest BCUT2D eigenvalue weighted by atomic mass is 10.2. The standard InChI is InChI=1S/C23H21N5O4S/c1-27(2)33(31,32)19-7-5-6-17(14-19)23(30)26-25-22(29)16-10-12-18(13-11-16)28-15-24-20-8-3-4-9-21(20)28/h3-15H,1-2H3,(H,25,29)(H,26,30). The third kappa shape index (κ3) is 4.47. The summed E-state index contributed by atoms with van der Waals surface area (Å²) in [5.41, 5.74) is 7.74. The fourth-order valence-electron chi connectivity index (χ4n) is 3.20. The molecular weight excluding hydrogens is 442 g/mol. The van der Waals surface area contributed by atoms with Gasteiger partial charge in [0.15, 0.2) is 0 Å². The van der Waals surface area contributed by atoms with Gasteiger partial charge in [-0.1, -0.05) is 18.2 Å². The molecule has 2 N–H and O–H groups in total. The number of amides is 2. The number of aromatic nitrogens is 2. The minimum absolute atomic E-state index is 0.0194. The van der Waals surface area contributed by atoms with Crippen molar-refractivity contribution in [3.05, 3.63) is 90.3 Å². The van der Waals surface area contributed by atoms with Crippen molar-refractivity contribution < 1.29 is 18.0 Å². The average Bonchev–Trinajstić information content (AvgIpc) is 3.26. The first-order valence-corrected chi connectivity index (χ1v) is 11.4. The zero-order valence-electron chi connectivity index (χ0n) is 17.9. The van der Waals surface area contributed by atoms with Gasteiger partial charge in [-0.25, -0.2) is 17.7 Å². The summed E-state index contributed by atoms with van der Waals surface area (Å²) >= 11 is 0. The quantitative estimate of drug-likeness (QED) is 0.441. The molecule has 4 aromatic rings. The third-order valence-corrected chi connectivity index (χ3v) is 6.84. The van der Waals surface area contributed by atoms with Crippen LogP contribution in [0.25, 0.3) is 16.7 Å². The maximum absolute atomic E-state index is 12.5. The van der Waals surface area contributed by atoms with Crippen LogP contribution >= 0.6 is 0 Å². The van der Waals surface area contributed by atoms with E-state index in [0.717, 1.165) is 21.0 Å². The summed E-state index contributed by atoms with van der Waals surface area (Å²) in [6.45, 7) is 0. The van der Waals surface area contributed by atoms with Crippen molar-refractivity contribution in [2.45, 2.75) is 4.90 Å². The van der Waals surface area contributed by atoms with Gasteiger partial charge in [0.05, 0.1) is 15.9 Å². The molecule has 0 spiro atoms. The monoisotopic (exact) mass is 463 g/mol. The summed E-state index contributed by atoms with van der Waals surface area (Å²) in [4.78, 5) is 29.2. The van der Waals surface area contributed by atoms with Crippen molar-refractivity contribution in [3.63, 3.8) is 0 Å². The third-order valence-electron chi connectivity index (χ3n) is 5.03. The van der Waals surface area contributed by atoms with Gasteiger partial charge in [0.1, 0.15) is 6.33 Å². The maximum Gasteiger partial charge on any atom is 0.269 e. The molecule has 4 rings (SSSR count). The largest absolute Gasteiger partial charge is 0.299 e. The van der Waals surface area contributed by atoms with E-state index in [1.807, 2.05) is 28.8 Å². The lowest BCUT2D eigenvalue weighted by molar-refractivity contribution is 0.0846. The zero-order chi connectivity index (χ0) is 23.6. The predicted octanol–water partition coefficient (Wildman–Crippen LogP) is 2.35. The first kappa shape index (κ1) is 22.2. The number of fused-ring (bicyclic) bond motifs is 1. The number of carbonyl (C=O) groups is 2. The molecule has 10 heteroatoms. The molecule has 1 heterocycles. The molecule has 1 aromatic heterocycles. The SMILES string of the molecule is CN(C)S(=O)(=O)c1cccc(C(=O)NNC(=O)c2ccc(-n3cnc4ccccc43)cc2)c1. The molecule has 0 saturated carbocycles. The van der Waals surface area contributed by atoms with Crippen molar-refractivity contribution in [1.82, 2.24) is 24.7 Å². The highest BCUT2D eigenvalue weighted by molar-refractivity contribution is 7.89. The molecule has 33 heavy (non-hydrogen) atoms. The average molecular weight is 464 g/mol. The van der Waals surface area contributed by atoms with Gasteiger partial charge in [-0.3, -0.25) is 25.0 Å². The summed E-state index contributed by atoms with van der Waals surface area (Å²) < 4.78 is 27.5. The molecule has 0 fully saturated rings. The van der Waals surface area contributed by atoms with E-state index in [2.05, 4.69) is 15.8 Å². The van der Waals surface area contributed by atoms with Gasteiger partial charge < -0.3 is 0 Å². The summed E-state index contributed by atoms with van der Waals surface area (Å²) in [7, 11) is -0.873. The molecule has 0 saturated heterocycles. The van der Waals surface area contributed by atoms with Crippen LogP contribution in [0.1, 0.15) is 20.7 Å². The van der Waals surface area contributed by atoms with Gasteiger partial charge in [0.2, 0.25) is 10.0 Å². The van der Waals surface area contributed by atoms with E-state index in [0.29, 0.717) is 5.56 Å². The maximum atomic E-state index is 12.5. The molecule has 9 nitrogen and oxygen atoms in total. The lowest BCUT2D eigenvalue weighted by Gasteiger charge is -2.12. The van der Waals surface area contributed by atoms with E-state index >= 15 is 0 Å². The van der Waals surface area contributed by atoms with E-state index < -0.39 is 21.8 Å². The summed E-state index contributed by atoms with van der Waals surface area (Å²) in [6, 6.07) is 20.1. The van der Waals surface area contributed by atoms with Crippen molar-refractivity contribution in [2.75, 3.05) is 14.1 Å². The Morgan fingerprint density at radius 1 is 0.848 bits per heavy atom. The Kier molecular flexibility index (Phi) is 5.95. The molecule has 0 aliphatic rings. The van der Waals surface area contributed by atoms with Crippen LogP contribution in [-0.4, -0.2) is 48.2 Å². The Bertz CT molecular complexity index is 1440. The summed E-state index contributed by atoms with van der Waals surface area (Å²) in [6.07, 6.45) is 1.71. The fourth-order valence-corrected chi connectivity index (χ4v) is 4.15. The zero-order valence-corrected chi connectivity index (χ0v) is 18.7. The number of benzene rings is 3. The van der Waals surface area contributed by atoms with Crippen LogP contribution in [0.2, 0.25) is 0 Å². The van der Waals surface area contributed by atoms with Gasteiger partial charge in [-0.05, 0) is 54.6 Å². The molecule has 0 atom stereocenters. The van der Waals surface area contributed by atoms with Gasteiger partial charge >= 0.3 is 0 Å². The van der Waals surface area contributed by atoms with Crippen LogP contribution in [0.3, 0.4) is 0 Å². The highest BCUT2D eigenvalue weighted by atomic mass is 32.2.